The van der Waals surface area contributed by atoms with E-state index in [0.29, 0.717) is 11.3 Å². The van der Waals surface area contributed by atoms with Crippen molar-refractivity contribution in [2.45, 2.75) is 11.8 Å². The number of benzene rings is 2. The van der Waals surface area contributed by atoms with Gasteiger partial charge in [0.25, 0.3) is 15.9 Å². The van der Waals surface area contributed by atoms with E-state index in [0.717, 1.165) is 10.0 Å². The molecule has 2 aromatic carbocycles. The van der Waals surface area contributed by atoms with E-state index in [4.69, 9.17) is 4.84 Å². The van der Waals surface area contributed by atoms with Crippen LogP contribution < -0.4 is 5.32 Å². The maximum Gasteiger partial charge on any atom is 0.264 e. The first-order chi connectivity index (χ1) is 10.9. The van der Waals surface area contributed by atoms with Crippen molar-refractivity contribution in [3.8, 4) is 0 Å². The summed E-state index contributed by atoms with van der Waals surface area (Å²) in [6.07, 6.45) is 0. The quantitative estimate of drug-likeness (QED) is 0.852. The number of nitrogens with one attached hydrogen (secondary N) is 1. The number of rotatable bonds is 5. The van der Waals surface area contributed by atoms with Crippen LogP contribution in [0.1, 0.15) is 15.9 Å². The number of amides is 1. The highest BCUT2D eigenvalue weighted by atomic mass is 32.2. The van der Waals surface area contributed by atoms with E-state index in [1.807, 2.05) is 25.1 Å². The predicted molar refractivity (Wildman–Crippen MR) is 87.5 cm³/mol. The van der Waals surface area contributed by atoms with Gasteiger partial charge in [0.1, 0.15) is 0 Å². The number of aryl methyl sites for hydroxylation is 1. The van der Waals surface area contributed by atoms with E-state index in [1.165, 1.54) is 38.4 Å². The molecule has 0 bridgehead atoms. The van der Waals surface area contributed by atoms with E-state index in [-0.39, 0.29) is 10.8 Å². The summed E-state index contributed by atoms with van der Waals surface area (Å²) in [5.41, 5.74) is 2.03. The number of hydrogen-bond donors (Lipinski definition) is 1. The highest BCUT2D eigenvalue weighted by Crippen LogP contribution is 2.17. The van der Waals surface area contributed by atoms with Crippen LogP contribution in [-0.2, 0) is 14.9 Å². The number of carbonyl (C=O) groups is 1. The number of sulfonamides is 1. The maximum absolute atomic E-state index is 12.2. The molecular weight excluding hydrogens is 316 g/mol. The summed E-state index contributed by atoms with van der Waals surface area (Å²) < 4.78 is 24.9. The highest BCUT2D eigenvalue weighted by molar-refractivity contribution is 7.89. The van der Waals surface area contributed by atoms with Crippen LogP contribution in [-0.4, -0.2) is 33.0 Å². The first-order valence-electron chi connectivity index (χ1n) is 6.86. The number of para-hydroxylation sites is 1. The zero-order chi connectivity index (χ0) is 17.0. The maximum atomic E-state index is 12.2. The molecule has 2 aromatic rings. The standard InChI is InChI=1S/C16H18N2O4S/c1-12-6-4-5-7-15(12)17-16(19)13-8-10-14(11-9-13)23(20,21)18(2)22-3/h4-11H,1-3H3,(H,17,19). The van der Waals surface area contributed by atoms with E-state index >= 15 is 0 Å². The Labute approximate surface area is 135 Å². The van der Waals surface area contributed by atoms with Crippen LogP contribution in [0.25, 0.3) is 0 Å². The van der Waals surface area contributed by atoms with Gasteiger partial charge >= 0.3 is 0 Å². The predicted octanol–water partition coefficient (Wildman–Crippen LogP) is 2.43. The average molecular weight is 334 g/mol. The fourth-order valence-electron chi connectivity index (χ4n) is 1.93. The zero-order valence-electron chi connectivity index (χ0n) is 13.1. The number of anilines is 1. The Bertz CT molecular complexity index is 801. The fraction of sp³-hybridized carbons (Fsp3) is 0.188. The van der Waals surface area contributed by atoms with Crippen LogP contribution in [0.2, 0.25) is 0 Å². The molecule has 0 saturated heterocycles. The topological polar surface area (TPSA) is 75.7 Å². The van der Waals surface area contributed by atoms with Gasteiger partial charge < -0.3 is 5.32 Å². The second-order valence-corrected chi connectivity index (χ2v) is 6.83. The summed E-state index contributed by atoms with van der Waals surface area (Å²) in [4.78, 5) is 17.0. The van der Waals surface area contributed by atoms with E-state index in [9.17, 15) is 13.2 Å². The second kappa shape index (κ2) is 6.91. The third-order valence-electron chi connectivity index (χ3n) is 3.40. The van der Waals surface area contributed by atoms with Gasteiger partial charge in [-0.15, -0.1) is 0 Å². The van der Waals surface area contributed by atoms with Gasteiger partial charge in [0.05, 0.1) is 12.0 Å². The van der Waals surface area contributed by atoms with Gasteiger partial charge in [-0.25, -0.2) is 8.42 Å². The first-order valence-corrected chi connectivity index (χ1v) is 8.30. The molecule has 0 aliphatic heterocycles. The minimum Gasteiger partial charge on any atom is -0.322 e. The summed E-state index contributed by atoms with van der Waals surface area (Å²) in [7, 11) is -1.15. The molecule has 7 heteroatoms. The lowest BCUT2D eigenvalue weighted by Gasteiger charge is -2.14. The van der Waals surface area contributed by atoms with Crippen LogP contribution in [0.4, 0.5) is 5.69 Å². The van der Waals surface area contributed by atoms with Crippen molar-refractivity contribution in [2.75, 3.05) is 19.5 Å². The van der Waals surface area contributed by atoms with Gasteiger partial charge in [0.2, 0.25) is 0 Å². The number of nitrogens with zero attached hydrogens (tertiary/aromatic N) is 1. The highest BCUT2D eigenvalue weighted by Gasteiger charge is 2.21. The Morgan fingerprint density at radius 2 is 1.70 bits per heavy atom. The summed E-state index contributed by atoms with van der Waals surface area (Å²) in [6.45, 7) is 1.89. The van der Waals surface area contributed by atoms with Crippen LogP contribution in [0, 0.1) is 6.92 Å². The molecule has 0 aliphatic carbocycles. The number of hydroxylamine groups is 1. The molecule has 0 aromatic heterocycles. The molecule has 1 amide bonds. The summed E-state index contributed by atoms with van der Waals surface area (Å²) in [6, 6.07) is 13.1. The van der Waals surface area contributed by atoms with Gasteiger partial charge in [-0.3, -0.25) is 9.63 Å². The van der Waals surface area contributed by atoms with Crippen LogP contribution in [0.15, 0.2) is 53.4 Å². The molecule has 23 heavy (non-hydrogen) atoms. The van der Waals surface area contributed by atoms with Crippen molar-refractivity contribution >= 4 is 21.6 Å². The SMILES string of the molecule is CON(C)S(=O)(=O)c1ccc(C(=O)Nc2ccccc2C)cc1. The molecule has 0 aliphatic rings. The Kier molecular flexibility index (Phi) is 5.15. The Balaban J connectivity index is 2.20. The zero-order valence-corrected chi connectivity index (χ0v) is 13.9. The Hall–Kier alpha value is -2.22. The van der Waals surface area contributed by atoms with Gasteiger partial charge in [-0.1, -0.05) is 22.7 Å². The minimum atomic E-state index is -3.72. The van der Waals surface area contributed by atoms with Crippen LogP contribution >= 0.6 is 0 Å². The molecule has 0 fully saturated rings. The van der Waals surface area contributed by atoms with Crippen molar-refractivity contribution in [3.63, 3.8) is 0 Å². The largest absolute Gasteiger partial charge is 0.322 e. The Morgan fingerprint density at radius 3 is 2.26 bits per heavy atom. The molecule has 0 spiro atoms. The number of hydrogen-bond acceptors (Lipinski definition) is 4. The van der Waals surface area contributed by atoms with E-state index < -0.39 is 10.0 Å². The monoisotopic (exact) mass is 334 g/mol. The lowest BCUT2D eigenvalue weighted by atomic mass is 10.1. The third kappa shape index (κ3) is 3.76. The molecule has 0 unspecified atom stereocenters. The summed E-state index contributed by atoms with van der Waals surface area (Å²) in [5.74, 6) is -0.302. The van der Waals surface area contributed by atoms with Crippen LogP contribution in [0.3, 0.4) is 0 Å². The van der Waals surface area contributed by atoms with Gasteiger partial charge in [-0.05, 0) is 42.8 Å². The van der Waals surface area contributed by atoms with E-state index in [2.05, 4.69) is 5.32 Å². The van der Waals surface area contributed by atoms with Crippen molar-refractivity contribution in [1.29, 1.82) is 0 Å². The van der Waals surface area contributed by atoms with Crippen molar-refractivity contribution in [1.82, 2.24) is 4.47 Å². The molecule has 0 radical (unpaired) electrons. The lowest BCUT2D eigenvalue weighted by Crippen LogP contribution is -2.25. The van der Waals surface area contributed by atoms with Gasteiger partial charge in [0, 0.05) is 18.3 Å². The van der Waals surface area contributed by atoms with Crippen molar-refractivity contribution in [2.24, 2.45) is 0 Å². The number of carbonyl (C=O) groups excluding carboxylic acids is 1. The lowest BCUT2D eigenvalue weighted by molar-refractivity contribution is -0.0258. The smallest absolute Gasteiger partial charge is 0.264 e. The molecule has 122 valence electrons. The summed E-state index contributed by atoms with van der Waals surface area (Å²) >= 11 is 0. The van der Waals surface area contributed by atoms with E-state index in [1.54, 1.807) is 6.07 Å². The molecule has 6 nitrogen and oxygen atoms in total. The molecule has 0 heterocycles. The van der Waals surface area contributed by atoms with Gasteiger partial charge in [0.15, 0.2) is 0 Å². The molecule has 2 rings (SSSR count). The minimum absolute atomic E-state index is 0.0503. The molecular formula is C16H18N2O4S. The molecule has 1 N–H and O–H groups in total. The third-order valence-corrected chi connectivity index (χ3v) is 5.10. The van der Waals surface area contributed by atoms with Crippen LogP contribution in [0.5, 0.6) is 0 Å². The first kappa shape index (κ1) is 17.1. The molecule has 0 saturated carbocycles. The second-order valence-electron chi connectivity index (χ2n) is 4.89. The molecule has 0 atom stereocenters. The Morgan fingerprint density at radius 1 is 1.09 bits per heavy atom. The average Bonchev–Trinajstić information content (AvgIpc) is 2.56. The van der Waals surface area contributed by atoms with Crippen molar-refractivity contribution in [3.05, 3.63) is 59.7 Å². The van der Waals surface area contributed by atoms with Crippen molar-refractivity contribution < 1.29 is 18.0 Å². The van der Waals surface area contributed by atoms with Gasteiger partial charge in [-0.2, -0.15) is 0 Å². The summed E-state index contributed by atoms with van der Waals surface area (Å²) in [5, 5.41) is 2.80. The normalized spacial score (nSPS) is 11.5. The fourth-order valence-corrected chi connectivity index (χ4v) is 2.91.